The summed E-state index contributed by atoms with van der Waals surface area (Å²) in [5, 5.41) is 3.84. The van der Waals surface area contributed by atoms with Crippen molar-refractivity contribution in [1.29, 1.82) is 0 Å². The molecule has 0 aromatic rings. The number of hydrogen-bond donors (Lipinski definition) is 1. The van der Waals surface area contributed by atoms with Crippen LogP contribution < -0.4 is 5.32 Å². The first-order chi connectivity index (χ1) is 8.66. The van der Waals surface area contributed by atoms with E-state index in [-0.39, 0.29) is 0 Å². The highest BCUT2D eigenvalue weighted by Crippen LogP contribution is 2.23. The van der Waals surface area contributed by atoms with Gasteiger partial charge in [0.15, 0.2) is 0 Å². The lowest BCUT2D eigenvalue weighted by Gasteiger charge is -2.36. The van der Waals surface area contributed by atoms with E-state index in [1.807, 2.05) is 0 Å². The van der Waals surface area contributed by atoms with Gasteiger partial charge in [-0.2, -0.15) is 0 Å². The molecule has 18 heavy (non-hydrogen) atoms. The molecule has 2 fully saturated rings. The van der Waals surface area contributed by atoms with Crippen LogP contribution >= 0.6 is 0 Å². The average Bonchev–Trinajstić information content (AvgIpc) is 2.40. The Bertz CT molecular complexity index is 239. The highest BCUT2D eigenvalue weighted by atomic mass is 16.5. The Morgan fingerprint density at radius 3 is 2.39 bits per heavy atom. The van der Waals surface area contributed by atoms with Gasteiger partial charge in [-0.05, 0) is 44.4 Å². The molecule has 0 saturated carbocycles. The zero-order chi connectivity index (χ0) is 13.0. The number of ether oxygens (including phenoxy) is 2. The minimum absolute atomic E-state index is 0.443. The van der Waals surface area contributed by atoms with Crippen LogP contribution in [0, 0.1) is 11.8 Å². The van der Waals surface area contributed by atoms with Gasteiger partial charge in [0.2, 0.25) is 0 Å². The van der Waals surface area contributed by atoms with Gasteiger partial charge in [0, 0.05) is 31.9 Å². The molecule has 3 nitrogen and oxygen atoms in total. The van der Waals surface area contributed by atoms with Gasteiger partial charge in [0.1, 0.15) is 0 Å². The van der Waals surface area contributed by atoms with Gasteiger partial charge in [-0.15, -0.1) is 0 Å². The first-order valence-electron chi connectivity index (χ1n) is 7.62. The van der Waals surface area contributed by atoms with E-state index >= 15 is 0 Å². The van der Waals surface area contributed by atoms with Crippen LogP contribution in [-0.4, -0.2) is 38.0 Å². The van der Waals surface area contributed by atoms with E-state index in [2.05, 4.69) is 26.1 Å². The number of hydrogen-bond acceptors (Lipinski definition) is 3. The van der Waals surface area contributed by atoms with Crippen molar-refractivity contribution in [2.45, 2.75) is 64.6 Å². The Labute approximate surface area is 112 Å². The predicted molar refractivity (Wildman–Crippen MR) is 73.7 cm³/mol. The second kappa shape index (κ2) is 6.88. The molecule has 2 rings (SSSR count). The lowest BCUT2D eigenvalue weighted by molar-refractivity contribution is -0.0283. The third kappa shape index (κ3) is 3.94. The van der Waals surface area contributed by atoms with Crippen LogP contribution in [0.3, 0.4) is 0 Å². The third-order valence-electron chi connectivity index (χ3n) is 4.53. The Hall–Kier alpha value is -0.120. The number of nitrogens with one attached hydrogen (secondary N) is 1. The largest absolute Gasteiger partial charge is 0.381 e. The summed E-state index contributed by atoms with van der Waals surface area (Å²) in [7, 11) is 0. The molecule has 3 heteroatoms. The third-order valence-corrected chi connectivity index (χ3v) is 4.53. The summed E-state index contributed by atoms with van der Waals surface area (Å²) in [6.45, 7) is 9.67. The molecule has 0 aromatic heterocycles. The van der Waals surface area contributed by atoms with Gasteiger partial charge in [-0.3, -0.25) is 0 Å². The summed E-state index contributed by atoms with van der Waals surface area (Å²) in [6.07, 6.45) is 5.20. The van der Waals surface area contributed by atoms with Crippen molar-refractivity contribution in [2.75, 3.05) is 19.8 Å². The minimum atomic E-state index is 0.443. The monoisotopic (exact) mass is 255 g/mol. The fourth-order valence-electron chi connectivity index (χ4n) is 3.17. The van der Waals surface area contributed by atoms with Crippen LogP contribution in [-0.2, 0) is 9.47 Å². The smallest absolute Gasteiger partial charge is 0.0612 e. The standard InChI is InChI=1S/C15H29NO2/c1-11(2)15-10-14(6-9-18-15)16-12(3)13-4-7-17-8-5-13/h11-16H,4-10H2,1-3H3. The molecule has 2 aliphatic rings. The quantitative estimate of drug-likeness (QED) is 0.837. The van der Waals surface area contributed by atoms with Gasteiger partial charge >= 0.3 is 0 Å². The Balaban J connectivity index is 1.77. The van der Waals surface area contributed by atoms with Crippen molar-refractivity contribution in [1.82, 2.24) is 5.32 Å². The molecule has 2 aliphatic heterocycles. The van der Waals surface area contributed by atoms with Crippen LogP contribution in [0.25, 0.3) is 0 Å². The van der Waals surface area contributed by atoms with E-state index in [9.17, 15) is 0 Å². The summed E-state index contributed by atoms with van der Waals surface area (Å²) >= 11 is 0. The second-order valence-electron chi connectivity index (χ2n) is 6.28. The van der Waals surface area contributed by atoms with Gasteiger partial charge in [0.25, 0.3) is 0 Å². The molecular formula is C15H29NO2. The minimum Gasteiger partial charge on any atom is -0.381 e. The molecule has 0 aromatic carbocycles. The molecule has 0 aliphatic carbocycles. The highest BCUT2D eigenvalue weighted by Gasteiger charge is 2.28. The average molecular weight is 255 g/mol. The normalized spacial score (nSPS) is 32.7. The Morgan fingerprint density at radius 2 is 1.72 bits per heavy atom. The molecule has 0 spiro atoms. The zero-order valence-corrected chi connectivity index (χ0v) is 12.2. The van der Waals surface area contributed by atoms with Crippen molar-refractivity contribution < 1.29 is 9.47 Å². The summed E-state index contributed by atoms with van der Waals surface area (Å²) in [6, 6.07) is 1.26. The van der Waals surface area contributed by atoms with Crippen molar-refractivity contribution in [3.05, 3.63) is 0 Å². The lowest BCUT2D eigenvalue weighted by Crippen LogP contribution is -2.47. The van der Waals surface area contributed by atoms with Crippen LogP contribution in [0.1, 0.15) is 46.5 Å². The van der Waals surface area contributed by atoms with Crippen molar-refractivity contribution in [3.8, 4) is 0 Å². The molecule has 0 bridgehead atoms. The van der Waals surface area contributed by atoms with Crippen molar-refractivity contribution >= 4 is 0 Å². The maximum Gasteiger partial charge on any atom is 0.0612 e. The van der Waals surface area contributed by atoms with Crippen LogP contribution in [0.5, 0.6) is 0 Å². The molecule has 1 N–H and O–H groups in total. The Morgan fingerprint density at radius 1 is 1.00 bits per heavy atom. The maximum atomic E-state index is 5.84. The SMILES string of the molecule is CC(C)C1CC(NC(C)C2CCOCC2)CCO1. The van der Waals surface area contributed by atoms with E-state index in [4.69, 9.17) is 9.47 Å². The second-order valence-corrected chi connectivity index (χ2v) is 6.28. The predicted octanol–water partition coefficient (Wildman–Crippen LogP) is 2.59. The molecule has 2 saturated heterocycles. The fourth-order valence-corrected chi connectivity index (χ4v) is 3.17. The van der Waals surface area contributed by atoms with Gasteiger partial charge in [0.05, 0.1) is 6.10 Å². The van der Waals surface area contributed by atoms with Gasteiger partial charge in [-0.25, -0.2) is 0 Å². The van der Waals surface area contributed by atoms with Crippen molar-refractivity contribution in [2.24, 2.45) is 11.8 Å². The fraction of sp³-hybridized carbons (Fsp3) is 1.00. The molecule has 2 heterocycles. The first kappa shape index (κ1) is 14.3. The molecule has 0 radical (unpaired) electrons. The summed E-state index contributed by atoms with van der Waals surface area (Å²) in [5.74, 6) is 1.42. The highest BCUT2D eigenvalue weighted by molar-refractivity contribution is 4.83. The molecule has 3 atom stereocenters. The van der Waals surface area contributed by atoms with E-state index in [0.717, 1.165) is 32.2 Å². The van der Waals surface area contributed by atoms with E-state index in [1.165, 1.54) is 19.3 Å². The van der Waals surface area contributed by atoms with Crippen LogP contribution in [0.15, 0.2) is 0 Å². The summed E-state index contributed by atoms with van der Waals surface area (Å²) < 4.78 is 11.3. The number of rotatable bonds is 4. The van der Waals surface area contributed by atoms with Crippen molar-refractivity contribution in [3.63, 3.8) is 0 Å². The molecular weight excluding hydrogens is 226 g/mol. The van der Waals surface area contributed by atoms with Crippen LogP contribution in [0.2, 0.25) is 0 Å². The molecule has 3 unspecified atom stereocenters. The van der Waals surface area contributed by atoms with E-state index in [1.54, 1.807) is 0 Å². The van der Waals surface area contributed by atoms with Gasteiger partial charge < -0.3 is 14.8 Å². The van der Waals surface area contributed by atoms with Crippen LogP contribution in [0.4, 0.5) is 0 Å². The van der Waals surface area contributed by atoms with E-state index in [0.29, 0.717) is 24.1 Å². The Kier molecular flexibility index (Phi) is 5.46. The molecule has 106 valence electrons. The lowest BCUT2D eigenvalue weighted by atomic mass is 9.90. The summed E-state index contributed by atoms with van der Waals surface area (Å²) in [4.78, 5) is 0. The molecule has 0 amide bonds. The summed E-state index contributed by atoms with van der Waals surface area (Å²) in [5.41, 5.74) is 0. The van der Waals surface area contributed by atoms with E-state index < -0.39 is 0 Å². The van der Waals surface area contributed by atoms with Gasteiger partial charge in [-0.1, -0.05) is 13.8 Å². The first-order valence-corrected chi connectivity index (χ1v) is 7.62. The zero-order valence-electron chi connectivity index (χ0n) is 12.2. The maximum absolute atomic E-state index is 5.84. The topological polar surface area (TPSA) is 30.5 Å².